The van der Waals surface area contributed by atoms with Crippen LogP contribution in [0.2, 0.25) is 0 Å². The lowest BCUT2D eigenvalue weighted by atomic mass is 9.98. The molecule has 1 heterocycles. The number of ether oxygens (including phenoxy) is 3. The van der Waals surface area contributed by atoms with Crippen LogP contribution in [0.1, 0.15) is 17.5 Å². The normalized spacial score (nSPS) is 14.2. The molecular weight excluding hydrogens is 296 g/mol. The maximum atomic E-state index is 11.8. The van der Waals surface area contributed by atoms with Crippen LogP contribution in [-0.2, 0) is 22.5 Å². The lowest BCUT2D eigenvalue weighted by Crippen LogP contribution is -2.35. The van der Waals surface area contributed by atoms with Gasteiger partial charge in [-0.2, -0.15) is 0 Å². The lowest BCUT2D eigenvalue weighted by molar-refractivity contribution is -0.121. The van der Waals surface area contributed by atoms with E-state index < -0.39 is 0 Å². The van der Waals surface area contributed by atoms with Gasteiger partial charge in [0.25, 0.3) is 0 Å². The van der Waals surface area contributed by atoms with Crippen LogP contribution in [-0.4, -0.2) is 58.4 Å². The standard InChI is InChI=1S/C17H26N2O4/c1-21-9-6-18-17(20)5-8-19-7-4-13-10-15(22-2)16(23-3)11-14(13)12-19/h10-11H,4-9,12H2,1-3H3,(H,18,20). The van der Waals surface area contributed by atoms with Gasteiger partial charge in [-0.1, -0.05) is 0 Å². The number of nitrogens with zero attached hydrogens (tertiary/aromatic N) is 1. The minimum atomic E-state index is 0.0696. The van der Waals surface area contributed by atoms with Crippen molar-refractivity contribution in [1.82, 2.24) is 10.2 Å². The molecule has 1 N–H and O–H groups in total. The monoisotopic (exact) mass is 322 g/mol. The summed E-state index contributed by atoms with van der Waals surface area (Å²) in [5.41, 5.74) is 2.54. The second-order valence-corrected chi connectivity index (χ2v) is 5.59. The average molecular weight is 322 g/mol. The van der Waals surface area contributed by atoms with E-state index in [0.717, 1.165) is 37.6 Å². The quantitative estimate of drug-likeness (QED) is 0.729. The average Bonchev–Trinajstić information content (AvgIpc) is 2.58. The van der Waals surface area contributed by atoms with Crippen molar-refractivity contribution < 1.29 is 19.0 Å². The van der Waals surface area contributed by atoms with Crippen molar-refractivity contribution in [2.75, 3.05) is 47.6 Å². The predicted molar refractivity (Wildman–Crippen MR) is 88.0 cm³/mol. The summed E-state index contributed by atoms with van der Waals surface area (Å²) in [5.74, 6) is 1.60. The largest absolute Gasteiger partial charge is 0.493 e. The summed E-state index contributed by atoms with van der Waals surface area (Å²) in [4.78, 5) is 14.1. The molecule has 0 saturated heterocycles. The molecule has 0 saturated carbocycles. The third-order valence-corrected chi connectivity index (χ3v) is 4.08. The van der Waals surface area contributed by atoms with Crippen LogP contribution in [0.4, 0.5) is 0 Å². The third-order valence-electron chi connectivity index (χ3n) is 4.08. The SMILES string of the molecule is COCCNC(=O)CCN1CCc2cc(OC)c(OC)cc2C1. The Bertz CT molecular complexity index is 534. The number of carbonyl (C=O) groups is 1. The van der Waals surface area contributed by atoms with Gasteiger partial charge in [0.05, 0.1) is 20.8 Å². The number of benzene rings is 1. The molecular formula is C17H26N2O4. The first-order valence-corrected chi connectivity index (χ1v) is 7.89. The number of hydrogen-bond acceptors (Lipinski definition) is 5. The van der Waals surface area contributed by atoms with Crippen molar-refractivity contribution in [3.63, 3.8) is 0 Å². The van der Waals surface area contributed by atoms with Crippen LogP contribution in [0.15, 0.2) is 12.1 Å². The maximum absolute atomic E-state index is 11.8. The Morgan fingerprint density at radius 2 is 1.87 bits per heavy atom. The minimum absolute atomic E-state index is 0.0696. The van der Waals surface area contributed by atoms with Crippen LogP contribution < -0.4 is 14.8 Å². The smallest absolute Gasteiger partial charge is 0.221 e. The Morgan fingerprint density at radius 3 is 2.52 bits per heavy atom. The Kier molecular flexibility index (Phi) is 6.67. The number of rotatable bonds is 8. The van der Waals surface area contributed by atoms with Crippen molar-refractivity contribution >= 4 is 5.91 Å². The summed E-state index contributed by atoms with van der Waals surface area (Å²) in [6, 6.07) is 4.10. The minimum Gasteiger partial charge on any atom is -0.493 e. The summed E-state index contributed by atoms with van der Waals surface area (Å²) >= 11 is 0. The molecule has 0 fully saturated rings. The molecule has 0 aliphatic carbocycles. The van der Waals surface area contributed by atoms with Crippen LogP contribution >= 0.6 is 0 Å². The molecule has 0 spiro atoms. The number of fused-ring (bicyclic) bond motifs is 1. The van der Waals surface area contributed by atoms with Gasteiger partial charge in [-0.25, -0.2) is 0 Å². The zero-order chi connectivity index (χ0) is 16.7. The van der Waals surface area contributed by atoms with Gasteiger partial charge < -0.3 is 19.5 Å². The van der Waals surface area contributed by atoms with E-state index in [2.05, 4.69) is 16.3 Å². The Balaban J connectivity index is 1.89. The Morgan fingerprint density at radius 1 is 1.17 bits per heavy atom. The summed E-state index contributed by atoms with van der Waals surface area (Å²) in [6.07, 6.45) is 1.47. The third kappa shape index (κ3) is 4.84. The van der Waals surface area contributed by atoms with Crippen LogP contribution in [0, 0.1) is 0 Å². The van der Waals surface area contributed by atoms with E-state index in [4.69, 9.17) is 14.2 Å². The van der Waals surface area contributed by atoms with Gasteiger partial charge in [0, 0.05) is 39.7 Å². The molecule has 0 atom stereocenters. The van der Waals surface area contributed by atoms with E-state index >= 15 is 0 Å². The Hall–Kier alpha value is -1.79. The first kappa shape index (κ1) is 17.6. The Labute approximate surface area is 137 Å². The molecule has 6 nitrogen and oxygen atoms in total. The fraction of sp³-hybridized carbons (Fsp3) is 0.588. The molecule has 2 rings (SSSR count). The molecule has 0 bridgehead atoms. The number of nitrogens with one attached hydrogen (secondary N) is 1. The van der Waals surface area contributed by atoms with Crippen molar-refractivity contribution in [3.8, 4) is 11.5 Å². The zero-order valence-electron chi connectivity index (χ0n) is 14.2. The van der Waals surface area contributed by atoms with Gasteiger partial charge in [0.2, 0.25) is 5.91 Å². The number of carbonyl (C=O) groups excluding carboxylic acids is 1. The van der Waals surface area contributed by atoms with Gasteiger partial charge in [0.15, 0.2) is 11.5 Å². The van der Waals surface area contributed by atoms with Crippen molar-refractivity contribution in [2.45, 2.75) is 19.4 Å². The van der Waals surface area contributed by atoms with Crippen molar-refractivity contribution in [1.29, 1.82) is 0 Å². The molecule has 1 aliphatic rings. The summed E-state index contributed by atoms with van der Waals surface area (Å²) in [6.45, 7) is 3.65. The van der Waals surface area contributed by atoms with Crippen molar-refractivity contribution in [3.05, 3.63) is 23.3 Å². The van der Waals surface area contributed by atoms with Crippen LogP contribution in [0.5, 0.6) is 11.5 Å². The fourth-order valence-corrected chi connectivity index (χ4v) is 2.77. The second-order valence-electron chi connectivity index (χ2n) is 5.59. The molecule has 1 aromatic rings. The van der Waals surface area contributed by atoms with Crippen molar-refractivity contribution in [2.24, 2.45) is 0 Å². The lowest BCUT2D eigenvalue weighted by Gasteiger charge is -2.29. The van der Waals surface area contributed by atoms with Crippen LogP contribution in [0.3, 0.4) is 0 Å². The molecule has 0 radical (unpaired) electrons. The van der Waals surface area contributed by atoms with E-state index in [1.165, 1.54) is 11.1 Å². The highest BCUT2D eigenvalue weighted by molar-refractivity contribution is 5.76. The first-order valence-electron chi connectivity index (χ1n) is 7.89. The molecule has 0 unspecified atom stereocenters. The highest BCUT2D eigenvalue weighted by Gasteiger charge is 2.19. The number of methoxy groups -OCH3 is 3. The maximum Gasteiger partial charge on any atom is 0.221 e. The zero-order valence-corrected chi connectivity index (χ0v) is 14.2. The molecule has 23 heavy (non-hydrogen) atoms. The van der Waals surface area contributed by atoms with Gasteiger partial charge in [-0.3, -0.25) is 9.69 Å². The molecule has 6 heteroatoms. The first-order chi connectivity index (χ1) is 11.2. The summed E-state index contributed by atoms with van der Waals surface area (Å²) in [5, 5.41) is 2.85. The van der Waals surface area contributed by atoms with Gasteiger partial charge in [-0.15, -0.1) is 0 Å². The molecule has 0 aromatic heterocycles. The van der Waals surface area contributed by atoms with Gasteiger partial charge in [-0.05, 0) is 29.7 Å². The van der Waals surface area contributed by atoms with E-state index in [-0.39, 0.29) is 5.91 Å². The topological polar surface area (TPSA) is 60.0 Å². The highest BCUT2D eigenvalue weighted by atomic mass is 16.5. The predicted octanol–water partition coefficient (Wildman–Crippen LogP) is 1.21. The second kappa shape index (κ2) is 8.74. The number of amides is 1. The molecule has 128 valence electrons. The van der Waals surface area contributed by atoms with E-state index in [1.54, 1.807) is 21.3 Å². The number of hydrogen-bond donors (Lipinski definition) is 1. The fourth-order valence-electron chi connectivity index (χ4n) is 2.77. The highest BCUT2D eigenvalue weighted by Crippen LogP contribution is 2.33. The molecule has 1 aliphatic heterocycles. The van der Waals surface area contributed by atoms with E-state index in [1.807, 2.05) is 6.07 Å². The summed E-state index contributed by atoms with van der Waals surface area (Å²) in [7, 11) is 4.93. The van der Waals surface area contributed by atoms with E-state index in [9.17, 15) is 4.79 Å². The summed E-state index contributed by atoms with van der Waals surface area (Å²) < 4.78 is 15.6. The van der Waals surface area contributed by atoms with Gasteiger partial charge in [0.1, 0.15) is 0 Å². The van der Waals surface area contributed by atoms with Crippen LogP contribution in [0.25, 0.3) is 0 Å². The molecule has 1 aromatic carbocycles. The van der Waals surface area contributed by atoms with E-state index in [0.29, 0.717) is 19.6 Å². The van der Waals surface area contributed by atoms with Gasteiger partial charge >= 0.3 is 0 Å². The molecule has 1 amide bonds.